The molecule has 2 rings (SSSR count). The molecule has 7 nitrogen and oxygen atoms in total. The number of carbonyl (C=O) groups is 3. The first kappa shape index (κ1) is 17.3. The molecule has 7 heteroatoms. The molecule has 1 amide bonds. The van der Waals surface area contributed by atoms with E-state index in [1.807, 2.05) is 19.1 Å². The molecule has 0 bridgehead atoms. The van der Waals surface area contributed by atoms with Gasteiger partial charge in [0, 0.05) is 5.56 Å². The van der Waals surface area contributed by atoms with Crippen molar-refractivity contribution >= 4 is 17.8 Å². The van der Waals surface area contributed by atoms with Crippen LogP contribution in [0.2, 0.25) is 0 Å². The number of nitrogens with one attached hydrogen (secondary N) is 1. The maximum atomic E-state index is 11.9. The molecule has 24 heavy (non-hydrogen) atoms. The van der Waals surface area contributed by atoms with Gasteiger partial charge in [-0.2, -0.15) is 0 Å². The lowest BCUT2D eigenvalue weighted by Gasteiger charge is -2.06. The number of ether oxygens (including phenoxy) is 2. The van der Waals surface area contributed by atoms with Gasteiger partial charge in [-0.25, -0.2) is 4.79 Å². The van der Waals surface area contributed by atoms with Crippen molar-refractivity contribution in [3.63, 3.8) is 0 Å². The average Bonchev–Trinajstić information content (AvgIpc) is 3.06. The van der Waals surface area contributed by atoms with E-state index in [9.17, 15) is 14.4 Å². The number of amides is 1. The molecule has 0 aliphatic rings. The normalized spacial score (nSPS) is 10.1. The lowest BCUT2D eigenvalue weighted by Crippen LogP contribution is -2.30. The Morgan fingerprint density at radius 3 is 2.46 bits per heavy atom. The maximum Gasteiger partial charge on any atom is 0.373 e. The van der Waals surface area contributed by atoms with Crippen LogP contribution in [0.4, 0.5) is 0 Å². The minimum atomic E-state index is -0.619. The third kappa shape index (κ3) is 4.70. The summed E-state index contributed by atoms with van der Waals surface area (Å²) in [4.78, 5) is 34.7. The second-order valence-electron chi connectivity index (χ2n) is 4.97. The summed E-state index contributed by atoms with van der Waals surface area (Å²) in [5.74, 6) is -1.27. The number of furan rings is 1. The van der Waals surface area contributed by atoms with Gasteiger partial charge >= 0.3 is 11.9 Å². The zero-order valence-corrected chi connectivity index (χ0v) is 13.3. The molecule has 1 aromatic carbocycles. The van der Waals surface area contributed by atoms with E-state index >= 15 is 0 Å². The molecule has 0 aliphatic carbocycles. The van der Waals surface area contributed by atoms with Gasteiger partial charge < -0.3 is 19.2 Å². The van der Waals surface area contributed by atoms with Gasteiger partial charge in [0.05, 0.1) is 7.11 Å². The molecule has 0 spiro atoms. The lowest BCUT2D eigenvalue weighted by molar-refractivity contribution is -0.144. The van der Waals surface area contributed by atoms with Gasteiger partial charge in [-0.05, 0) is 31.2 Å². The van der Waals surface area contributed by atoms with Gasteiger partial charge in [0.1, 0.15) is 18.9 Å². The monoisotopic (exact) mass is 331 g/mol. The van der Waals surface area contributed by atoms with E-state index in [0.29, 0.717) is 11.3 Å². The maximum absolute atomic E-state index is 11.9. The summed E-state index contributed by atoms with van der Waals surface area (Å²) < 4.78 is 14.6. The molecular formula is C17H17NO6. The lowest BCUT2D eigenvalue weighted by atomic mass is 10.1. The smallest absolute Gasteiger partial charge is 0.373 e. The quantitative estimate of drug-likeness (QED) is 0.812. The van der Waals surface area contributed by atoms with Crippen molar-refractivity contribution in [3.8, 4) is 0 Å². The fraction of sp³-hybridized carbons (Fsp3) is 0.235. The summed E-state index contributed by atoms with van der Waals surface area (Å²) in [6.07, 6.45) is 0. The van der Waals surface area contributed by atoms with Crippen molar-refractivity contribution in [3.05, 3.63) is 59.0 Å². The van der Waals surface area contributed by atoms with Gasteiger partial charge in [-0.1, -0.05) is 17.7 Å². The molecule has 0 saturated heterocycles. The van der Waals surface area contributed by atoms with Crippen LogP contribution in [-0.4, -0.2) is 31.5 Å². The summed E-state index contributed by atoms with van der Waals surface area (Å²) in [7, 11) is 1.24. The van der Waals surface area contributed by atoms with E-state index in [1.165, 1.54) is 19.2 Å². The predicted octanol–water partition coefficient (Wildman–Crippen LogP) is 1.85. The number of hydrogen-bond acceptors (Lipinski definition) is 6. The van der Waals surface area contributed by atoms with E-state index < -0.39 is 11.9 Å². The van der Waals surface area contributed by atoms with Gasteiger partial charge in [-0.15, -0.1) is 0 Å². The van der Waals surface area contributed by atoms with Crippen molar-refractivity contribution in [1.29, 1.82) is 0 Å². The molecule has 1 aromatic heterocycles. The van der Waals surface area contributed by atoms with Crippen molar-refractivity contribution in [2.75, 3.05) is 13.7 Å². The first-order chi connectivity index (χ1) is 11.5. The summed E-state index contributed by atoms with van der Waals surface area (Å²) in [5, 5.41) is 2.47. The molecule has 0 atom stereocenters. The van der Waals surface area contributed by atoms with Crippen LogP contribution in [0.15, 0.2) is 40.8 Å². The number of rotatable bonds is 6. The summed E-state index contributed by atoms with van der Waals surface area (Å²) >= 11 is 0. The molecule has 126 valence electrons. The van der Waals surface area contributed by atoms with Crippen molar-refractivity contribution in [1.82, 2.24) is 5.32 Å². The first-order valence-corrected chi connectivity index (χ1v) is 7.17. The Kier molecular flexibility index (Phi) is 5.73. The topological polar surface area (TPSA) is 94.8 Å². The molecule has 0 aliphatic heterocycles. The summed E-state index contributed by atoms with van der Waals surface area (Å²) in [6.45, 7) is 1.51. The molecular weight excluding hydrogens is 314 g/mol. The third-order valence-electron chi connectivity index (χ3n) is 3.13. The van der Waals surface area contributed by atoms with E-state index in [-0.39, 0.29) is 24.8 Å². The molecule has 1 heterocycles. The van der Waals surface area contributed by atoms with E-state index in [4.69, 9.17) is 9.15 Å². The fourth-order valence-electron chi connectivity index (χ4n) is 1.83. The molecule has 0 radical (unpaired) electrons. The summed E-state index contributed by atoms with van der Waals surface area (Å²) in [6, 6.07) is 9.89. The van der Waals surface area contributed by atoms with Crippen LogP contribution in [0, 0.1) is 6.92 Å². The third-order valence-corrected chi connectivity index (χ3v) is 3.13. The van der Waals surface area contributed by atoms with E-state index in [2.05, 4.69) is 10.1 Å². The van der Waals surface area contributed by atoms with Crippen molar-refractivity contribution in [2.24, 2.45) is 0 Å². The van der Waals surface area contributed by atoms with Gasteiger partial charge in [0.15, 0.2) is 0 Å². The molecule has 0 unspecified atom stereocenters. The van der Waals surface area contributed by atoms with Gasteiger partial charge in [-0.3, -0.25) is 9.59 Å². The highest BCUT2D eigenvalue weighted by atomic mass is 16.6. The largest absolute Gasteiger partial charge is 0.463 e. The predicted molar refractivity (Wildman–Crippen MR) is 83.4 cm³/mol. The highest BCUT2D eigenvalue weighted by Gasteiger charge is 2.13. The second kappa shape index (κ2) is 7.96. The number of aryl methyl sites for hydroxylation is 1. The van der Waals surface area contributed by atoms with Crippen LogP contribution < -0.4 is 5.32 Å². The standard InChI is InChI=1S/C17H17NO6/c1-11-3-5-12(6-4-11)16(20)18-9-15(19)23-10-13-7-8-14(24-13)17(21)22-2/h3-8H,9-10H2,1-2H3,(H,18,20). The molecule has 1 N–H and O–H groups in total. The van der Waals surface area contributed by atoms with Crippen molar-refractivity contribution < 1.29 is 28.3 Å². The first-order valence-electron chi connectivity index (χ1n) is 7.17. The number of benzene rings is 1. The van der Waals surface area contributed by atoms with E-state index in [0.717, 1.165) is 5.56 Å². The summed E-state index contributed by atoms with van der Waals surface area (Å²) in [5.41, 5.74) is 1.50. The van der Waals surface area contributed by atoms with Crippen LogP contribution in [-0.2, 0) is 20.9 Å². The van der Waals surface area contributed by atoms with Crippen LogP contribution in [0.25, 0.3) is 0 Å². The highest BCUT2D eigenvalue weighted by molar-refractivity contribution is 5.95. The van der Waals surface area contributed by atoms with Crippen LogP contribution in [0.1, 0.15) is 32.2 Å². The van der Waals surface area contributed by atoms with E-state index in [1.54, 1.807) is 12.1 Å². The number of carbonyl (C=O) groups excluding carboxylic acids is 3. The second-order valence-corrected chi connectivity index (χ2v) is 4.97. The SMILES string of the molecule is COC(=O)c1ccc(COC(=O)CNC(=O)c2ccc(C)cc2)o1. The minimum absolute atomic E-state index is 0.0243. The highest BCUT2D eigenvalue weighted by Crippen LogP contribution is 2.10. The Balaban J connectivity index is 1.77. The molecule has 0 fully saturated rings. The number of methoxy groups -OCH3 is 1. The Bertz CT molecular complexity index is 732. The molecule has 0 saturated carbocycles. The van der Waals surface area contributed by atoms with Gasteiger partial charge in [0.25, 0.3) is 5.91 Å². The Labute approximate surface area is 138 Å². The van der Waals surface area contributed by atoms with Crippen LogP contribution in [0.5, 0.6) is 0 Å². The van der Waals surface area contributed by atoms with Crippen LogP contribution >= 0.6 is 0 Å². The zero-order chi connectivity index (χ0) is 17.5. The minimum Gasteiger partial charge on any atom is -0.463 e. The van der Waals surface area contributed by atoms with Crippen LogP contribution in [0.3, 0.4) is 0 Å². The Morgan fingerprint density at radius 2 is 1.79 bits per heavy atom. The average molecular weight is 331 g/mol. The van der Waals surface area contributed by atoms with Gasteiger partial charge in [0.2, 0.25) is 5.76 Å². The fourth-order valence-corrected chi connectivity index (χ4v) is 1.83. The zero-order valence-electron chi connectivity index (χ0n) is 13.3. The number of esters is 2. The molecule has 2 aromatic rings. The van der Waals surface area contributed by atoms with Crippen molar-refractivity contribution in [2.45, 2.75) is 13.5 Å². The Hall–Kier alpha value is -3.09. The number of hydrogen-bond donors (Lipinski definition) is 1. The Morgan fingerprint density at radius 1 is 1.08 bits per heavy atom.